The summed E-state index contributed by atoms with van der Waals surface area (Å²) in [6.45, 7) is 5.53. The first-order valence-corrected chi connectivity index (χ1v) is 6.47. The predicted octanol–water partition coefficient (Wildman–Crippen LogP) is 0.230. The first-order chi connectivity index (χ1) is 10.0. The number of rotatable bonds is 8. The number of hydrogen-bond acceptors (Lipinski definition) is 8. The van der Waals surface area contributed by atoms with Crippen molar-refractivity contribution in [3.8, 4) is 0 Å². The van der Waals surface area contributed by atoms with E-state index in [4.69, 9.17) is 14.2 Å². The third-order valence-electron chi connectivity index (χ3n) is 3.08. The molecular weight excluding hydrogens is 282 g/mol. The van der Waals surface area contributed by atoms with Crippen LogP contribution in [0.4, 0.5) is 0 Å². The first kappa shape index (κ1) is 17.6. The van der Waals surface area contributed by atoms with Crippen molar-refractivity contribution in [2.75, 3.05) is 27.6 Å². The molecule has 1 unspecified atom stereocenters. The fourth-order valence-electron chi connectivity index (χ4n) is 2.15. The van der Waals surface area contributed by atoms with Crippen molar-refractivity contribution in [2.24, 2.45) is 0 Å². The van der Waals surface area contributed by atoms with Gasteiger partial charge in [0.25, 0.3) is 0 Å². The Balaban J connectivity index is 2.72. The standard InChI is InChI=1S/C13H21NO7/c1-5-12(15)20-10-6-11(13(16)21-18-4)14(7-10)9(2)19-8-17-3/h5,9-11H,1,6-8H2,2-4H3/t9?,10-,11-/m0/s1. The fraction of sp³-hybridized carbons (Fsp3) is 0.692. The highest BCUT2D eigenvalue weighted by Gasteiger charge is 2.42. The summed E-state index contributed by atoms with van der Waals surface area (Å²) in [6, 6.07) is -0.626. The van der Waals surface area contributed by atoms with E-state index in [9.17, 15) is 9.59 Å². The van der Waals surface area contributed by atoms with Crippen LogP contribution in [-0.4, -0.2) is 62.8 Å². The molecule has 3 atom stereocenters. The Morgan fingerprint density at radius 2 is 2.14 bits per heavy atom. The number of carbonyl (C=O) groups is 2. The number of methoxy groups -OCH3 is 1. The molecule has 0 aliphatic carbocycles. The van der Waals surface area contributed by atoms with E-state index in [1.807, 2.05) is 0 Å². The molecular formula is C13H21NO7. The second-order valence-electron chi connectivity index (χ2n) is 4.45. The van der Waals surface area contributed by atoms with Crippen molar-refractivity contribution in [3.05, 3.63) is 12.7 Å². The molecule has 1 aliphatic heterocycles. The average Bonchev–Trinajstić information content (AvgIpc) is 2.88. The van der Waals surface area contributed by atoms with Crippen LogP contribution in [0.1, 0.15) is 13.3 Å². The smallest absolute Gasteiger partial charge is 0.359 e. The second kappa shape index (κ2) is 8.73. The third kappa shape index (κ3) is 5.09. The molecule has 0 spiro atoms. The number of likely N-dealkylation sites (tertiary alicyclic amines) is 1. The maximum Gasteiger partial charge on any atom is 0.359 e. The molecule has 0 aromatic rings. The molecule has 1 aliphatic rings. The van der Waals surface area contributed by atoms with Gasteiger partial charge in [-0.1, -0.05) is 6.58 Å². The van der Waals surface area contributed by atoms with Gasteiger partial charge < -0.3 is 14.2 Å². The Labute approximate surface area is 123 Å². The lowest BCUT2D eigenvalue weighted by Gasteiger charge is -2.27. The van der Waals surface area contributed by atoms with Gasteiger partial charge in [-0.25, -0.2) is 9.59 Å². The van der Waals surface area contributed by atoms with Crippen LogP contribution < -0.4 is 0 Å². The number of ether oxygens (including phenoxy) is 3. The average molecular weight is 303 g/mol. The largest absolute Gasteiger partial charge is 0.458 e. The minimum atomic E-state index is -0.626. The lowest BCUT2D eigenvalue weighted by molar-refractivity contribution is -0.261. The Morgan fingerprint density at radius 1 is 1.43 bits per heavy atom. The molecule has 0 N–H and O–H groups in total. The van der Waals surface area contributed by atoms with Crippen LogP contribution >= 0.6 is 0 Å². The van der Waals surface area contributed by atoms with Crippen molar-refractivity contribution >= 4 is 11.9 Å². The van der Waals surface area contributed by atoms with Gasteiger partial charge in [0.15, 0.2) is 0 Å². The van der Waals surface area contributed by atoms with E-state index in [0.29, 0.717) is 13.0 Å². The van der Waals surface area contributed by atoms with Crippen LogP contribution in [0.3, 0.4) is 0 Å². The van der Waals surface area contributed by atoms with Gasteiger partial charge >= 0.3 is 11.9 Å². The molecule has 0 bridgehead atoms. The number of carbonyl (C=O) groups excluding carboxylic acids is 2. The van der Waals surface area contributed by atoms with Crippen LogP contribution in [-0.2, 0) is 33.6 Å². The minimum absolute atomic E-state index is 0.0842. The molecule has 1 saturated heterocycles. The van der Waals surface area contributed by atoms with E-state index in [1.54, 1.807) is 11.8 Å². The number of hydrogen-bond donors (Lipinski definition) is 0. The van der Waals surface area contributed by atoms with Gasteiger partial charge in [-0.15, -0.1) is 0 Å². The van der Waals surface area contributed by atoms with Gasteiger partial charge in [0.1, 0.15) is 25.2 Å². The van der Waals surface area contributed by atoms with E-state index < -0.39 is 30.3 Å². The molecule has 0 saturated carbocycles. The monoisotopic (exact) mass is 303 g/mol. The van der Waals surface area contributed by atoms with Crippen LogP contribution in [0.15, 0.2) is 12.7 Å². The first-order valence-electron chi connectivity index (χ1n) is 6.47. The molecule has 8 heteroatoms. The Hall–Kier alpha value is -1.48. The van der Waals surface area contributed by atoms with Gasteiger partial charge in [-0.3, -0.25) is 9.79 Å². The normalized spacial score (nSPS) is 23.6. The summed E-state index contributed by atoms with van der Waals surface area (Å²) in [5, 5.41) is 0. The molecule has 0 aromatic heterocycles. The van der Waals surface area contributed by atoms with E-state index >= 15 is 0 Å². The molecule has 0 amide bonds. The van der Waals surface area contributed by atoms with E-state index in [2.05, 4.69) is 16.4 Å². The molecule has 120 valence electrons. The topological polar surface area (TPSA) is 83.5 Å². The van der Waals surface area contributed by atoms with Gasteiger partial charge in [-0.2, -0.15) is 4.89 Å². The van der Waals surface area contributed by atoms with Crippen LogP contribution in [0, 0.1) is 0 Å². The van der Waals surface area contributed by atoms with Crippen molar-refractivity contribution < 1.29 is 33.6 Å². The van der Waals surface area contributed by atoms with Crippen LogP contribution in [0.2, 0.25) is 0 Å². The summed E-state index contributed by atoms with van der Waals surface area (Å²) in [7, 11) is 2.75. The molecule has 21 heavy (non-hydrogen) atoms. The number of esters is 1. The van der Waals surface area contributed by atoms with Crippen molar-refractivity contribution in [1.82, 2.24) is 4.90 Å². The molecule has 0 radical (unpaired) electrons. The molecule has 1 rings (SSSR count). The zero-order valence-corrected chi connectivity index (χ0v) is 12.4. The summed E-state index contributed by atoms with van der Waals surface area (Å²) >= 11 is 0. The summed E-state index contributed by atoms with van der Waals surface area (Å²) < 4.78 is 15.4. The van der Waals surface area contributed by atoms with E-state index in [-0.39, 0.29) is 6.79 Å². The lowest BCUT2D eigenvalue weighted by atomic mass is 10.2. The number of nitrogens with zero attached hydrogens (tertiary/aromatic N) is 1. The van der Waals surface area contributed by atoms with E-state index in [0.717, 1.165) is 6.08 Å². The molecule has 1 fully saturated rings. The SMILES string of the molecule is C=CC(=O)O[C@H]1C[C@@H](C(=O)OOC)N(C(C)OCOC)C1. The molecule has 8 nitrogen and oxygen atoms in total. The van der Waals surface area contributed by atoms with Crippen LogP contribution in [0.25, 0.3) is 0 Å². The molecule has 0 aromatic carbocycles. The van der Waals surface area contributed by atoms with Crippen molar-refractivity contribution in [3.63, 3.8) is 0 Å². The Bertz CT molecular complexity index is 374. The fourth-order valence-corrected chi connectivity index (χ4v) is 2.15. The van der Waals surface area contributed by atoms with Gasteiger partial charge in [0, 0.05) is 26.2 Å². The summed E-state index contributed by atoms with van der Waals surface area (Å²) in [4.78, 5) is 33.8. The highest BCUT2D eigenvalue weighted by atomic mass is 17.2. The highest BCUT2D eigenvalue weighted by Crippen LogP contribution is 2.24. The maximum atomic E-state index is 11.9. The van der Waals surface area contributed by atoms with Gasteiger partial charge in [0.05, 0.1) is 7.11 Å². The lowest BCUT2D eigenvalue weighted by Crippen LogP contribution is -2.44. The van der Waals surface area contributed by atoms with Crippen molar-refractivity contribution in [2.45, 2.75) is 31.7 Å². The summed E-state index contributed by atoms with van der Waals surface area (Å²) in [5.74, 6) is -1.10. The zero-order valence-electron chi connectivity index (χ0n) is 12.4. The summed E-state index contributed by atoms with van der Waals surface area (Å²) in [6.07, 6.45) is 0.517. The van der Waals surface area contributed by atoms with E-state index in [1.165, 1.54) is 14.2 Å². The molecule has 1 heterocycles. The van der Waals surface area contributed by atoms with Gasteiger partial charge in [-0.05, 0) is 6.92 Å². The third-order valence-corrected chi connectivity index (χ3v) is 3.08. The quantitative estimate of drug-likeness (QED) is 0.207. The van der Waals surface area contributed by atoms with Crippen molar-refractivity contribution in [1.29, 1.82) is 0 Å². The summed E-state index contributed by atoms with van der Waals surface area (Å²) in [5.41, 5.74) is 0. The Kier molecular flexibility index (Phi) is 7.30. The maximum absolute atomic E-state index is 11.9. The van der Waals surface area contributed by atoms with Gasteiger partial charge in [0.2, 0.25) is 0 Å². The minimum Gasteiger partial charge on any atom is -0.458 e. The zero-order chi connectivity index (χ0) is 15.8. The second-order valence-corrected chi connectivity index (χ2v) is 4.45. The van der Waals surface area contributed by atoms with Crippen LogP contribution in [0.5, 0.6) is 0 Å². The predicted molar refractivity (Wildman–Crippen MR) is 70.7 cm³/mol. The highest BCUT2D eigenvalue weighted by molar-refractivity contribution is 5.81. The Morgan fingerprint density at radius 3 is 2.71 bits per heavy atom.